The van der Waals surface area contributed by atoms with E-state index in [9.17, 15) is 23.7 Å². The molecule has 1 saturated heterocycles. The molecule has 0 radical (unpaired) electrons. The van der Waals surface area contributed by atoms with Gasteiger partial charge in [-0.2, -0.15) is 0 Å². The first-order chi connectivity index (χ1) is 14.3. The molecule has 2 aromatic carbocycles. The first-order valence-corrected chi connectivity index (χ1v) is 9.71. The Morgan fingerprint density at radius 1 is 1.27 bits per heavy atom. The normalized spacial score (nSPS) is 15.5. The molecule has 0 saturated carbocycles. The van der Waals surface area contributed by atoms with Crippen molar-refractivity contribution in [3.8, 4) is 5.75 Å². The van der Waals surface area contributed by atoms with E-state index in [4.69, 9.17) is 4.74 Å². The first kappa shape index (κ1) is 21.5. The number of hydrogen-bond acceptors (Lipinski definition) is 5. The van der Waals surface area contributed by atoms with Crippen molar-refractivity contribution in [2.75, 3.05) is 24.6 Å². The Bertz CT molecular complexity index is 917. The minimum Gasteiger partial charge on any atom is -0.488 e. The van der Waals surface area contributed by atoms with E-state index in [0.717, 1.165) is 12.1 Å². The second-order valence-electron chi connectivity index (χ2n) is 7.30. The van der Waals surface area contributed by atoms with E-state index >= 15 is 0 Å². The molecule has 1 atom stereocenters. The van der Waals surface area contributed by atoms with Crippen LogP contribution in [0.4, 0.5) is 20.2 Å². The van der Waals surface area contributed by atoms with Gasteiger partial charge in [0.15, 0.2) is 11.6 Å². The molecule has 1 N–H and O–H groups in total. The molecular weight excluding hydrogens is 396 g/mol. The van der Waals surface area contributed by atoms with Crippen LogP contribution >= 0.6 is 0 Å². The summed E-state index contributed by atoms with van der Waals surface area (Å²) >= 11 is 0. The van der Waals surface area contributed by atoms with E-state index in [0.29, 0.717) is 31.6 Å². The molecule has 1 amide bonds. The van der Waals surface area contributed by atoms with Crippen LogP contribution in [0.15, 0.2) is 42.5 Å². The van der Waals surface area contributed by atoms with Crippen molar-refractivity contribution in [1.29, 1.82) is 0 Å². The lowest BCUT2D eigenvalue weighted by Crippen LogP contribution is -2.44. The van der Waals surface area contributed by atoms with Crippen molar-refractivity contribution in [3.63, 3.8) is 0 Å². The molecule has 1 aliphatic heterocycles. The molecule has 1 fully saturated rings. The van der Waals surface area contributed by atoms with Gasteiger partial charge in [-0.1, -0.05) is 12.1 Å². The van der Waals surface area contributed by atoms with Gasteiger partial charge in [-0.05, 0) is 38.0 Å². The lowest BCUT2D eigenvalue weighted by molar-refractivity contribution is -0.384. The topological polar surface area (TPSA) is 84.7 Å². The van der Waals surface area contributed by atoms with Gasteiger partial charge in [-0.15, -0.1) is 0 Å². The molecule has 0 spiro atoms. The third kappa shape index (κ3) is 5.22. The zero-order valence-electron chi connectivity index (χ0n) is 16.5. The van der Waals surface area contributed by atoms with Gasteiger partial charge in [0.05, 0.1) is 11.0 Å². The fourth-order valence-electron chi connectivity index (χ4n) is 3.48. The molecule has 1 aliphatic rings. The number of nitro groups is 1. The summed E-state index contributed by atoms with van der Waals surface area (Å²) in [5, 5.41) is 14.1. The van der Waals surface area contributed by atoms with Crippen molar-refractivity contribution >= 4 is 17.3 Å². The van der Waals surface area contributed by atoms with Crippen LogP contribution in [-0.4, -0.2) is 36.6 Å². The SMILES string of the molecule is CC(COc1ccc(F)cc1F)NC(=O)C1CCN(c2ccccc2[N+](=O)[O-])CC1. The predicted octanol–water partition coefficient (Wildman–Crippen LogP) is 3.67. The highest BCUT2D eigenvalue weighted by molar-refractivity contribution is 5.79. The van der Waals surface area contributed by atoms with Crippen molar-refractivity contribution in [2.45, 2.75) is 25.8 Å². The smallest absolute Gasteiger partial charge is 0.292 e. The van der Waals surface area contributed by atoms with Crippen LogP contribution in [-0.2, 0) is 4.79 Å². The number of piperidine rings is 1. The molecule has 1 unspecified atom stereocenters. The van der Waals surface area contributed by atoms with Crippen LogP contribution < -0.4 is 15.0 Å². The van der Waals surface area contributed by atoms with Gasteiger partial charge in [0.25, 0.3) is 5.69 Å². The minimum absolute atomic E-state index is 0.0450. The van der Waals surface area contributed by atoms with Crippen molar-refractivity contribution in [2.24, 2.45) is 5.92 Å². The number of carbonyl (C=O) groups is 1. The molecule has 30 heavy (non-hydrogen) atoms. The van der Waals surface area contributed by atoms with E-state index in [1.54, 1.807) is 25.1 Å². The monoisotopic (exact) mass is 419 g/mol. The molecule has 2 aromatic rings. The number of ether oxygens (including phenoxy) is 1. The number of rotatable bonds is 7. The van der Waals surface area contributed by atoms with Gasteiger partial charge in [0, 0.05) is 31.1 Å². The lowest BCUT2D eigenvalue weighted by atomic mass is 9.95. The minimum atomic E-state index is -0.795. The fourth-order valence-corrected chi connectivity index (χ4v) is 3.48. The zero-order valence-corrected chi connectivity index (χ0v) is 16.5. The number of carbonyl (C=O) groups excluding carboxylic acids is 1. The summed E-state index contributed by atoms with van der Waals surface area (Å²) < 4.78 is 31.9. The van der Waals surface area contributed by atoms with Crippen LogP contribution in [0, 0.1) is 27.7 Å². The third-order valence-corrected chi connectivity index (χ3v) is 5.06. The summed E-state index contributed by atoms with van der Waals surface area (Å²) in [6.45, 7) is 2.86. The van der Waals surface area contributed by atoms with Crippen molar-refractivity contribution in [3.05, 3.63) is 64.2 Å². The quantitative estimate of drug-likeness (QED) is 0.547. The Morgan fingerprint density at radius 2 is 1.97 bits per heavy atom. The van der Waals surface area contributed by atoms with E-state index in [2.05, 4.69) is 5.32 Å². The van der Waals surface area contributed by atoms with Gasteiger partial charge in [-0.3, -0.25) is 14.9 Å². The maximum absolute atomic E-state index is 13.6. The summed E-state index contributed by atoms with van der Waals surface area (Å²) in [7, 11) is 0. The highest BCUT2D eigenvalue weighted by Crippen LogP contribution is 2.31. The third-order valence-electron chi connectivity index (χ3n) is 5.06. The zero-order chi connectivity index (χ0) is 21.7. The van der Waals surface area contributed by atoms with Crippen LogP contribution in [0.5, 0.6) is 5.75 Å². The van der Waals surface area contributed by atoms with Gasteiger partial charge >= 0.3 is 0 Å². The number of anilines is 1. The number of amides is 1. The largest absolute Gasteiger partial charge is 0.488 e. The van der Waals surface area contributed by atoms with E-state index in [-0.39, 0.29) is 35.9 Å². The van der Waals surface area contributed by atoms with Crippen LogP contribution in [0.2, 0.25) is 0 Å². The van der Waals surface area contributed by atoms with E-state index in [1.807, 2.05) is 4.90 Å². The Morgan fingerprint density at radius 3 is 2.63 bits per heavy atom. The Labute approximate surface area is 172 Å². The van der Waals surface area contributed by atoms with Crippen molar-refractivity contribution < 1.29 is 23.2 Å². The van der Waals surface area contributed by atoms with Gasteiger partial charge in [0.1, 0.15) is 18.1 Å². The summed E-state index contributed by atoms with van der Waals surface area (Å²) in [5.41, 5.74) is 0.614. The standard InChI is InChI=1S/C21H23F2N3O4/c1-14(13-30-20-7-6-16(22)12-17(20)23)24-21(27)15-8-10-25(11-9-15)18-4-2-3-5-19(18)26(28)29/h2-7,12,14-15H,8-11,13H2,1H3,(H,24,27). The number of halogens is 2. The number of benzene rings is 2. The lowest BCUT2D eigenvalue weighted by Gasteiger charge is -2.33. The van der Waals surface area contributed by atoms with Crippen molar-refractivity contribution in [1.82, 2.24) is 5.32 Å². The van der Waals surface area contributed by atoms with E-state index in [1.165, 1.54) is 12.1 Å². The van der Waals surface area contributed by atoms with Crippen LogP contribution in [0.1, 0.15) is 19.8 Å². The summed E-state index contributed by atoms with van der Waals surface area (Å²) in [6, 6.07) is 9.26. The Balaban J connectivity index is 1.49. The van der Waals surface area contributed by atoms with Gasteiger partial charge < -0.3 is 15.0 Å². The maximum Gasteiger partial charge on any atom is 0.292 e. The Kier molecular flexibility index (Phi) is 6.81. The molecule has 0 aliphatic carbocycles. The number of nitro benzene ring substituents is 1. The number of hydrogen-bond donors (Lipinski definition) is 1. The summed E-state index contributed by atoms with van der Waals surface area (Å²) in [6.07, 6.45) is 1.14. The Hall–Kier alpha value is -3.23. The second kappa shape index (κ2) is 9.51. The summed E-state index contributed by atoms with van der Waals surface area (Å²) in [5.74, 6) is -1.90. The predicted molar refractivity (Wildman–Crippen MR) is 107 cm³/mol. The highest BCUT2D eigenvalue weighted by Gasteiger charge is 2.28. The molecule has 160 valence electrons. The summed E-state index contributed by atoms with van der Waals surface area (Å²) in [4.78, 5) is 25.3. The molecule has 9 heteroatoms. The molecule has 1 heterocycles. The fraction of sp³-hybridized carbons (Fsp3) is 0.381. The molecule has 7 nitrogen and oxygen atoms in total. The van der Waals surface area contributed by atoms with Crippen LogP contribution in [0.25, 0.3) is 0 Å². The van der Waals surface area contributed by atoms with Gasteiger partial charge in [-0.25, -0.2) is 8.78 Å². The molecular formula is C21H23F2N3O4. The van der Waals surface area contributed by atoms with Crippen LogP contribution in [0.3, 0.4) is 0 Å². The highest BCUT2D eigenvalue weighted by atomic mass is 19.1. The average molecular weight is 419 g/mol. The molecule has 3 rings (SSSR count). The van der Waals surface area contributed by atoms with Gasteiger partial charge in [0.2, 0.25) is 5.91 Å². The second-order valence-corrected chi connectivity index (χ2v) is 7.30. The number of nitrogens with one attached hydrogen (secondary N) is 1. The maximum atomic E-state index is 13.6. The number of nitrogens with zero attached hydrogens (tertiary/aromatic N) is 2. The average Bonchev–Trinajstić information content (AvgIpc) is 2.73. The molecule has 0 bridgehead atoms. The molecule has 0 aromatic heterocycles. The van der Waals surface area contributed by atoms with E-state index < -0.39 is 16.6 Å². The first-order valence-electron chi connectivity index (χ1n) is 9.71. The number of para-hydroxylation sites is 2.